The Hall–Kier alpha value is 0.0934. The zero-order chi connectivity index (χ0) is 12.1. The third kappa shape index (κ3) is 18.6. The molecule has 0 radical (unpaired) electrons. The summed E-state index contributed by atoms with van der Waals surface area (Å²) in [5, 5.41) is 10.1. The Labute approximate surface area is 119 Å². The number of rotatable bonds is 12. The van der Waals surface area contributed by atoms with Crippen molar-refractivity contribution < 1.29 is 29.4 Å². The largest absolute Gasteiger partial charge is 2.00 e. The Balaban J connectivity index is 0. The predicted molar refractivity (Wildman–Crippen MR) is 66.1 cm³/mol. The molecule has 0 atom stereocenters. The van der Waals surface area contributed by atoms with Crippen LogP contribution >= 0.6 is 0 Å². The Kier molecular flexibility index (Phi) is 18.4. The standard InChI is InChI=1S/C14H28O2.Zn/c1-2-3-4-5-6-7-8-9-10-11-12-13-14(15)16;/h2-13H2,1H3,(H,15,16);/q;+2/p-1. The molecule has 0 fully saturated rings. The summed E-state index contributed by atoms with van der Waals surface area (Å²) in [6, 6.07) is 0. The first kappa shape index (κ1) is 19.4. The zero-order valence-corrected chi connectivity index (χ0v) is 14.5. The van der Waals surface area contributed by atoms with Crippen LogP contribution in [0, 0.1) is 0 Å². The maximum absolute atomic E-state index is 10.1. The number of carbonyl (C=O) groups is 1. The molecule has 0 heterocycles. The van der Waals surface area contributed by atoms with Crippen molar-refractivity contribution in [1.29, 1.82) is 0 Å². The number of unbranched alkanes of at least 4 members (excludes halogenated alkanes) is 10. The van der Waals surface area contributed by atoms with E-state index >= 15 is 0 Å². The Bertz CT molecular complexity index is 160. The maximum atomic E-state index is 10.1. The second-order valence-corrected chi connectivity index (χ2v) is 4.66. The van der Waals surface area contributed by atoms with Crippen LogP contribution in [0.4, 0.5) is 0 Å². The Morgan fingerprint density at radius 3 is 1.47 bits per heavy atom. The van der Waals surface area contributed by atoms with Crippen LogP contribution in [0.25, 0.3) is 0 Å². The fraction of sp³-hybridized carbons (Fsp3) is 0.929. The third-order valence-electron chi connectivity index (χ3n) is 2.98. The molecule has 0 bridgehead atoms. The van der Waals surface area contributed by atoms with Crippen LogP contribution in [0.15, 0.2) is 0 Å². The molecule has 0 aromatic rings. The van der Waals surface area contributed by atoms with E-state index in [9.17, 15) is 9.90 Å². The van der Waals surface area contributed by atoms with Crippen LogP contribution in [0.5, 0.6) is 0 Å². The van der Waals surface area contributed by atoms with Crippen molar-refractivity contribution >= 4 is 5.97 Å². The quantitative estimate of drug-likeness (QED) is 0.408. The molecule has 2 nitrogen and oxygen atoms in total. The van der Waals surface area contributed by atoms with E-state index in [2.05, 4.69) is 6.92 Å². The molecule has 0 aromatic heterocycles. The number of aliphatic carboxylic acids is 1. The molecule has 0 saturated carbocycles. The summed E-state index contributed by atoms with van der Waals surface area (Å²) < 4.78 is 0. The predicted octanol–water partition coefficient (Wildman–Crippen LogP) is 3.43. The van der Waals surface area contributed by atoms with Gasteiger partial charge in [-0.15, -0.1) is 0 Å². The van der Waals surface area contributed by atoms with Crippen LogP contribution in [0.2, 0.25) is 0 Å². The normalized spacial score (nSPS) is 9.94. The second-order valence-electron chi connectivity index (χ2n) is 4.66. The van der Waals surface area contributed by atoms with Gasteiger partial charge in [-0.3, -0.25) is 0 Å². The van der Waals surface area contributed by atoms with E-state index in [0.717, 1.165) is 12.8 Å². The van der Waals surface area contributed by atoms with Crippen LogP contribution in [-0.2, 0) is 24.3 Å². The van der Waals surface area contributed by atoms with Gasteiger partial charge >= 0.3 is 19.5 Å². The van der Waals surface area contributed by atoms with Crippen molar-refractivity contribution in [2.24, 2.45) is 0 Å². The van der Waals surface area contributed by atoms with Crippen molar-refractivity contribution in [2.45, 2.75) is 84.0 Å². The smallest absolute Gasteiger partial charge is 0.550 e. The fourth-order valence-electron chi connectivity index (χ4n) is 1.93. The molecule has 96 valence electrons. The van der Waals surface area contributed by atoms with E-state index in [1.165, 1.54) is 57.8 Å². The van der Waals surface area contributed by atoms with Gasteiger partial charge in [-0.25, -0.2) is 0 Å². The minimum Gasteiger partial charge on any atom is -0.550 e. The van der Waals surface area contributed by atoms with Crippen molar-refractivity contribution in [1.82, 2.24) is 0 Å². The molecule has 0 spiro atoms. The summed E-state index contributed by atoms with van der Waals surface area (Å²) >= 11 is 0. The van der Waals surface area contributed by atoms with Gasteiger partial charge in [0.2, 0.25) is 0 Å². The molecule has 0 aliphatic rings. The minimum absolute atomic E-state index is 0. The van der Waals surface area contributed by atoms with Gasteiger partial charge in [0.1, 0.15) is 0 Å². The number of hydrogen-bond acceptors (Lipinski definition) is 2. The van der Waals surface area contributed by atoms with Crippen LogP contribution < -0.4 is 5.11 Å². The van der Waals surface area contributed by atoms with E-state index in [-0.39, 0.29) is 25.9 Å². The van der Waals surface area contributed by atoms with Crippen LogP contribution in [0.3, 0.4) is 0 Å². The van der Waals surface area contributed by atoms with Crippen LogP contribution in [0.1, 0.15) is 84.0 Å². The van der Waals surface area contributed by atoms with Crippen LogP contribution in [-0.4, -0.2) is 5.97 Å². The minimum atomic E-state index is -0.907. The first-order valence-corrected chi connectivity index (χ1v) is 6.97. The molecule has 0 aliphatic carbocycles. The van der Waals surface area contributed by atoms with Crippen molar-refractivity contribution in [3.8, 4) is 0 Å². The second kappa shape index (κ2) is 16.1. The molecular formula is C14H27O2Zn+. The number of carboxylic acid groups (broad SMARTS) is 1. The molecule has 3 heteroatoms. The van der Waals surface area contributed by atoms with E-state index in [1.54, 1.807) is 0 Å². The van der Waals surface area contributed by atoms with Gasteiger partial charge in [0.15, 0.2) is 0 Å². The molecule has 0 rings (SSSR count). The number of hydrogen-bond donors (Lipinski definition) is 0. The van der Waals surface area contributed by atoms with Gasteiger partial charge in [-0.05, 0) is 12.8 Å². The van der Waals surface area contributed by atoms with Gasteiger partial charge in [0.05, 0.1) is 0 Å². The van der Waals surface area contributed by atoms with Gasteiger partial charge in [-0.2, -0.15) is 0 Å². The Morgan fingerprint density at radius 2 is 1.12 bits per heavy atom. The van der Waals surface area contributed by atoms with Crippen molar-refractivity contribution in [3.05, 3.63) is 0 Å². The average molecular weight is 293 g/mol. The molecule has 17 heavy (non-hydrogen) atoms. The van der Waals surface area contributed by atoms with E-state index in [4.69, 9.17) is 0 Å². The first-order chi connectivity index (χ1) is 7.77. The van der Waals surface area contributed by atoms with Gasteiger partial charge in [-0.1, -0.05) is 71.1 Å². The van der Waals surface area contributed by atoms with E-state index in [0.29, 0.717) is 0 Å². The molecule has 0 aromatic carbocycles. The molecule has 0 N–H and O–H groups in total. The van der Waals surface area contributed by atoms with E-state index < -0.39 is 5.97 Å². The zero-order valence-electron chi connectivity index (χ0n) is 11.5. The van der Waals surface area contributed by atoms with Gasteiger partial charge in [0, 0.05) is 5.97 Å². The third-order valence-corrected chi connectivity index (χ3v) is 2.98. The van der Waals surface area contributed by atoms with Gasteiger partial charge < -0.3 is 9.90 Å². The van der Waals surface area contributed by atoms with Gasteiger partial charge in [0.25, 0.3) is 0 Å². The molecule has 0 aliphatic heterocycles. The molecular weight excluding hydrogens is 266 g/mol. The molecule has 0 unspecified atom stereocenters. The summed E-state index contributed by atoms with van der Waals surface area (Å²) in [5.41, 5.74) is 0. The van der Waals surface area contributed by atoms with E-state index in [1.807, 2.05) is 0 Å². The summed E-state index contributed by atoms with van der Waals surface area (Å²) in [7, 11) is 0. The maximum Gasteiger partial charge on any atom is 2.00 e. The SMILES string of the molecule is CCCCCCCCCCCCCC(=O)[O-].[Zn+2]. The average Bonchev–Trinajstić information content (AvgIpc) is 2.25. The first-order valence-electron chi connectivity index (χ1n) is 6.97. The summed E-state index contributed by atoms with van der Waals surface area (Å²) in [4.78, 5) is 10.1. The topological polar surface area (TPSA) is 40.1 Å². The molecule has 0 saturated heterocycles. The van der Waals surface area contributed by atoms with Crippen molar-refractivity contribution in [3.63, 3.8) is 0 Å². The summed E-state index contributed by atoms with van der Waals surface area (Å²) in [5.74, 6) is -0.907. The van der Waals surface area contributed by atoms with Crippen molar-refractivity contribution in [2.75, 3.05) is 0 Å². The Morgan fingerprint density at radius 1 is 0.765 bits per heavy atom. The summed E-state index contributed by atoms with van der Waals surface area (Å²) in [6.07, 6.45) is 14.0. The number of carbonyl (C=O) groups excluding carboxylic acids is 1. The monoisotopic (exact) mass is 291 g/mol. The summed E-state index contributed by atoms with van der Waals surface area (Å²) in [6.45, 7) is 2.24. The number of carboxylic acids is 1. The molecule has 0 amide bonds. The fourth-order valence-corrected chi connectivity index (χ4v) is 1.93.